The molecule has 19 heavy (non-hydrogen) atoms. The number of halogens is 1. The van der Waals surface area contributed by atoms with E-state index in [2.05, 4.69) is 48.1 Å². The van der Waals surface area contributed by atoms with Gasteiger partial charge in [0, 0.05) is 21.7 Å². The van der Waals surface area contributed by atoms with Crippen LogP contribution in [0.2, 0.25) is 5.15 Å². The van der Waals surface area contributed by atoms with Crippen LogP contribution in [-0.4, -0.2) is 15.7 Å². The summed E-state index contributed by atoms with van der Waals surface area (Å²) in [4.78, 5) is 10.2. The SMILES string of the molecule is CCSc1ccc(-c2nc(C)c(CC)c(Cl)n2)cc1. The van der Waals surface area contributed by atoms with Gasteiger partial charge in [0.1, 0.15) is 5.15 Å². The lowest BCUT2D eigenvalue weighted by Crippen LogP contribution is -1.99. The molecule has 0 aliphatic carbocycles. The van der Waals surface area contributed by atoms with Crippen LogP contribution in [-0.2, 0) is 6.42 Å². The lowest BCUT2D eigenvalue weighted by Gasteiger charge is -2.08. The fourth-order valence-corrected chi connectivity index (χ4v) is 2.97. The fourth-order valence-electron chi connectivity index (χ4n) is 1.96. The maximum Gasteiger partial charge on any atom is 0.161 e. The number of hydrogen-bond acceptors (Lipinski definition) is 3. The van der Waals surface area contributed by atoms with E-state index in [1.165, 1.54) is 4.90 Å². The molecule has 0 aliphatic heterocycles. The molecule has 100 valence electrons. The zero-order chi connectivity index (χ0) is 13.8. The molecule has 4 heteroatoms. The van der Waals surface area contributed by atoms with E-state index in [0.29, 0.717) is 11.0 Å². The van der Waals surface area contributed by atoms with Gasteiger partial charge in [-0.15, -0.1) is 11.8 Å². The van der Waals surface area contributed by atoms with Crippen molar-refractivity contribution in [3.05, 3.63) is 40.7 Å². The molecule has 0 spiro atoms. The van der Waals surface area contributed by atoms with Crippen molar-refractivity contribution in [2.75, 3.05) is 5.75 Å². The van der Waals surface area contributed by atoms with Gasteiger partial charge in [-0.3, -0.25) is 0 Å². The molecule has 0 radical (unpaired) electrons. The predicted molar refractivity (Wildman–Crippen MR) is 83.0 cm³/mol. The van der Waals surface area contributed by atoms with Gasteiger partial charge in [-0.25, -0.2) is 9.97 Å². The maximum absolute atomic E-state index is 6.21. The molecule has 0 aliphatic rings. The van der Waals surface area contributed by atoms with Gasteiger partial charge in [0.2, 0.25) is 0 Å². The summed E-state index contributed by atoms with van der Waals surface area (Å²) in [7, 11) is 0. The quantitative estimate of drug-likeness (QED) is 0.599. The van der Waals surface area contributed by atoms with Crippen molar-refractivity contribution in [2.45, 2.75) is 32.1 Å². The molecule has 0 saturated carbocycles. The first-order valence-electron chi connectivity index (χ1n) is 6.42. The molecule has 2 nitrogen and oxygen atoms in total. The van der Waals surface area contributed by atoms with Gasteiger partial charge in [0.05, 0.1) is 0 Å². The zero-order valence-corrected chi connectivity index (χ0v) is 13.0. The number of hydrogen-bond donors (Lipinski definition) is 0. The van der Waals surface area contributed by atoms with Gasteiger partial charge in [-0.1, -0.05) is 37.6 Å². The van der Waals surface area contributed by atoms with Crippen molar-refractivity contribution in [1.82, 2.24) is 9.97 Å². The van der Waals surface area contributed by atoms with Crippen molar-refractivity contribution in [3.63, 3.8) is 0 Å². The summed E-state index contributed by atoms with van der Waals surface area (Å²) in [5, 5.41) is 0.567. The second-order valence-corrected chi connectivity index (χ2v) is 5.91. The zero-order valence-electron chi connectivity index (χ0n) is 11.4. The largest absolute Gasteiger partial charge is 0.233 e. The third kappa shape index (κ3) is 3.28. The molecule has 0 N–H and O–H groups in total. The van der Waals surface area contributed by atoms with E-state index in [0.717, 1.165) is 29.0 Å². The van der Waals surface area contributed by atoms with Crippen LogP contribution in [0.4, 0.5) is 0 Å². The van der Waals surface area contributed by atoms with Gasteiger partial charge in [-0.05, 0) is 31.2 Å². The van der Waals surface area contributed by atoms with Gasteiger partial charge < -0.3 is 0 Å². The van der Waals surface area contributed by atoms with Gasteiger partial charge >= 0.3 is 0 Å². The third-order valence-electron chi connectivity index (χ3n) is 2.94. The Labute approximate surface area is 123 Å². The van der Waals surface area contributed by atoms with E-state index in [9.17, 15) is 0 Å². The van der Waals surface area contributed by atoms with E-state index in [4.69, 9.17) is 11.6 Å². The van der Waals surface area contributed by atoms with Crippen molar-refractivity contribution in [3.8, 4) is 11.4 Å². The molecule has 0 saturated heterocycles. The number of nitrogens with zero attached hydrogens (tertiary/aromatic N) is 2. The summed E-state index contributed by atoms with van der Waals surface area (Å²) in [5.41, 5.74) is 3.00. The minimum absolute atomic E-state index is 0.567. The van der Waals surface area contributed by atoms with Crippen LogP contribution in [0.5, 0.6) is 0 Å². The Bertz CT molecular complexity index is 544. The van der Waals surface area contributed by atoms with Crippen molar-refractivity contribution in [1.29, 1.82) is 0 Å². The lowest BCUT2D eigenvalue weighted by molar-refractivity contribution is 1.00. The second kappa shape index (κ2) is 6.40. The second-order valence-electron chi connectivity index (χ2n) is 4.21. The first-order chi connectivity index (χ1) is 9.15. The lowest BCUT2D eigenvalue weighted by atomic mass is 10.1. The van der Waals surface area contributed by atoms with Crippen LogP contribution < -0.4 is 0 Å². The van der Waals surface area contributed by atoms with Crippen LogP contribution in [0.15, 0.2) is 29.2 Å². The van der Waals surface area contributed by atoms with Crippen molar-refractivity contribution < 1.29 is 0 Å². The van der Waals surface area contributed by atoms with E-state index in [-0.39, 0.29) is 0 Å². The number of thioether (sulfide) groups is 1. The molecule has 0 atom stereocenters. The number of aromatic nitrogens is 2. The average molecular weight is 293 g/mol. The summed E-state index contributed by atoms with van der Waals surface area (Å²) in [6.45, 7) is 6.19. The standard InChI is InChI=1S/C15H17ClN2S/c1-4-13-10(3)17-15(18-14(13)16)11-6-8-12(9-7-11)19-5-2/h6-9H,4-5H2,1-3H3. The first-order valence-corrected chi connectivity index (χ1v) is 7.78. The highest BCUT2D eigenvalue weighted by Crippen LogP contribution is 2.25. The highest BCUT2D eigenvalue weighted by molar-refractivity contribution is 7.99. The Morgan fingerprint density at radius 2 is 1.79 bits per heavy atom. The molecule has 0 fully saturated rings. The summed E-state index contributed by atoms with van der Waals surface area (Å²) in [6.07, 6.45) is 0.858. The summed E-state index contributed by atoms with van der Waals surface area (Å²) >= 11 is 8.04. The van der Waals surface area contributed by atoms with Crippen LogP contribution in [0.25, 0.3) is 11.4 Å². The fraction of sp³-hybridized carbons (Fsp3) is 0.333. The Morgan fingerprint density at radius 1 is 1.11 bits per heavy atom. The summed E-state index contributed by atoms with van der Waals surface area (Å²) in [5.74, 6) is 1.78. The van der Waals surface area contributed by atoms with Crippen LogP contribution in [0.1, 0.15) is 25.1 Å². The topological polar surface area (TPSA) is 25.8 Å². The van der Waals surface area contributed by atoms with E-state index in [1.807, 2.05) is 18.7 Å². The summed E-state index contributed by atoms with van der Waals surface area (Å²) < 4.78 is 0. The highest BCUT2D eigenvalue weighted by atomic mass is 35.5. The molecular weight excluding hydrogens is 276 g/mol. The number of benzene rings is 1. The first kappa shape index (κ1) is 14.4. The van der Waals surface area contributed by atoms with E-state index >= 15 is 0 Å². The normalized spacial score (nSPS) is 10.7. The van der Waals surface area contributed by atoms with Crippen LogP contribution in [0, 0.1) is 6.92 Å². The molecule has 1 aromatic carbocycles. The van der Waals surface area contributed by atoms with Crippen molar-refractivity contribution >= 4 is 23.4 Å². The third-order valence-corrected chi connectivity index (χ3v) is 4.15. The molecule has 0 unspecified atom stereocenters. The molecule has 2 aromatic rings. The van der Waals surface area contributed by atoms with Gasteiger partial charge in [0.15, 0.2) is 5.82 Å². The maximum atomic E-state index is 6.21. The molecule has 2 rings (SSSR count). The molecule has 0 amide bonds. The Kier molecular flexibility index (Phi) is 4.83. The number of aryl methyl sites for hydroxylation is 1. The average Bonchev–Trinajstić information content (AvgIpc) is 2.39. The van der Waals surface area contributed by atoms with E-state index < -0.39 is 0 Å². The smallest absolute Gasteiger partial charge is 0.161 e. The minimum atomic E-state index is 0.567. The molecule has 1 aromatic heterocycles. The van der Waals surface area contributed by atoms with Gasteiger partial charge in [-0.2, -0.15) is 0 Å². The summed E-state index contributed by atoms with van der Waals surface area (Å²) in [6, 6.07) is 8.30. The van der Waals surface area contributed by atoms with Crippen LogP contribution >= 0.6 is 23.4 Å². The molecule has 1 heterocycles. The minimum Gasteiger partial charge on any atom is -0.233 e. The predicted octanol–water partition coefficient (Wildman–Crippen LogP) is 4.78. The van der Waals surface area contributed by atoms with Crippen LogP contribution in [0.3, 0.4) is 0 Å². The Balaban J connectivity index is 2.36. The van der Waals surface area contributed by atoms with E-state index in [1.54, 1.807) is 0 Å². The number of rotatable bonds is 4. The Morgan fingerprint density at radius 3 is 2.32 bits per heavy atom. The molecular formula is C15H17ClN2S. The Hall–Kier alpha value is -1.06. The van der Waals surface area contributed by atoms with Crippen molar-refractivity contribution in [2.24, 2.45) is 0 Å². The van der Waals surface area contributed by atoms with Gasteiger partial charge in [0.25, 0.3) is 0 Å². The monoisotopic (exact) mass is 292 g/mol. The molecule has 0 bridgehead atoms. The highest BCUT2D eigenvalue weighted by Gasteiger charge is 2.09.